The Morgan fingerprint density at radius 3 is 2.79 bits per heavy atom. The van der Waals surface area contributed by atoms with Crippen LogP contribution in [0.4, 0.5) is 5.95 Å². The maximum atomic E-state index is 12.2. The lowest BCUT2D eigenvalue weighted by molar-refractivity contribution is 0.0801. The van der Waals surface area contributed by atoms with Gasteiger partial charge in [0.25, 0.3) is 11.9 Å². The Hall–Kier alpha value is -2.65. The molecule has 9 heteroatoms. The van der Waals surface area contributed by atoms with Crippen LogP contribution in [0.2, 0.25) is 0 Å². The van der Waals surface area contributed by atoms with Gasteiger partial charge < -0.3 is 29.7 Å². The summed E-state index contributed by atoms with van der Waals surface area (Å²) in [6.07, 6.45) is 5.74. The van der Waals surface area contributed by atoms with Crippen molar-refractivity contribution in [2.24, 2.45) is 5.92 Å². The van der Waals surface area contributed by atoms with Gasteiger partial charge in [0.05, 0.1) is 19.3 Å². The van der Waals surface area contributed by atoms with Crippen LogP contribution in [0.15, 0.2) is 22.7 Å². The van der Waals surface area contributed by atoms with Crippen LogP contribution in [0.3, 0.4) is 0 Å². The number of anilines is 1. The molecule has 33 heavy (non-hydrogen) atoms. The normalized spacial score (nSPS) is 17.7. The summed E-state index contributed by atoms with van der Waals surface area (Å²) in [5.41, 5.74) is 1.34. The van der Waals surface area contributed by atoms with Gasteiger partial charge in [0.1, 0.15) is 5.75 Å². The number of carbonyl (C=O) groups is 1. The molecule has 2 heterocycles. The van der Waals surface area contributed by atoms with E-state index in [1.54, 1.807) is 12.1 Å². The molecule has 1 unspecified atom stereocenters. The summed E-state index contributed by atoms with van der Waals surface area (Å²) in [5.74, 6) is 3.19. The van der Waals surface area contributed by atoms with Crippen LogP contribution in [0, 0.1) is 12.8 Å². The Kier molecular flexibility index (Phi) is 7.82. The molecule has 4 rings (SSSR count). The number of rotatable bonds is 11. The van der Waals surface area contributed by atoms with Gasteiger partial charge in [-0.2, -0.15) is 4.98 Å². The van der Waals surface area contributed by atoms with Gasteiger partial charge in [-0.05, 0) is 80.3 Å². The predicted octanol–water partition coefficient (Wildman–Crippen LogP) is 2.41. The second-order valence-electron chi connectivity index (χ2n) is 9.15. The third-order valence-corrected chi connectivity index (χ3v) is 6.43. The summed E-state index contributed by atoms with van der Waals surface area (Å²) in [6, 6.07) is 5.38. The third kappa shape index (κ3) is 6.45. The van der Waals surface area contributed by atoms with E-state index in [0.717, 1.165) is 61.9 Å². The van der Waals surface area contributed by atoms with E-state index in [-0.39, 0.29) is 19.1 Å². The monoisotopic (exact) mass is 458 g/mol. The molecule has 1 aromatic carbocycles. The number of aliphatic hydroxyl groups excluding tert-OH is 2. The molecule has 2 aromatic rings. The maximum Gasteiger partial charge on any atom is 0.266 e. The van der Waals surface area contributed by atoms with E-state index in [2.05, 4.69) is 20.4 Å². The number of nitrogens with zero attached hydrogens (tertiary/aromatic N) is 3. The number of benzene rings is 1. The van der Waals surface area contributed by atoms with Gasteiger partial charge in [-0.1, -0.05) is 0 Å². The van der Waals surface area contributed by atoms with Crippen LogP contribution in [-0.2, 0) is 0 Å². The molecule has 180 valence electrons. The molecule has 9 nitrogen and oxygen atoms in total. The molecule has 0 bridgehead atoms. The number of carbonyl (C=O) groups excluding carboxylic acids is 1. The molecule has 1 aromatic heterocycles. The number of aryl methyl sites for hydroxylation is 1. The Morgan fingerprint density at radius 2 is 2.09 bits per heavy atom. The highest BCUT2D eigenvalue weighted by molar-refractivity contribution is 5.95. The number of hydrogen-bond acceptors (Lipinski definition) is 8. The highest BCUT2D eigenvalue weighted by Crippen LogP contribution is 2.39. The minimum Gasteiger partial charge on any atom is -0.494 e. The molecule has 0 spiro atoms. The van der Waals surface area contributed by atoms with Gasteiger partial charge in [-0.3, -0.25) is 4.79 Å². The quantitative estimate of drug-likeness (QED) is 0.439. The molecule has 1 saturated heterocycles. The van der Waals surface area contributed by atoms with Crippen molar-refractivity contribution in [2.45, 2.75) is 57.5 Å². The molecular weight excluding hydrogens is 424 g/mol. The first-order valence-electron chi connectivity index (χ1n) is 11.9. The van der Waals surface area contributed by atoms with Gasteiger partial charge in [0.15, 0.2) is 0 Å². The van der Waals surface area contributed by atoms with E-state index in [4.69, 9.17) is 14.4 Å². The van der Waals surface area contributed by atoms with Crippen LogP contribution >= 0.6 is 0 Å². The summed E-state index contributed by atoms with van der Waals surface area (Å²) in [5, 5.41) is 25.0. The van der Waals surface area contributed by atoms with Crippen molar-refractivity contribution in [1.29, 1.82) is 0 Å². The average Bonchev–Trinajstić information content (AvgIpc) is 3.57. The average molecular weight is 459 g/mol. The number of hydrogen-bond donors (Lipinski definition) is 3. The fraction of sp³-hybridized carbons (Fsp3) is 0.625. The van der Waals surface area contributed by atoms with Crippen molar-refractivity contribution < 1.29 is 24.3 Å². The van der Waals surface area contributed by atoms with E-state index < -0.39 is 6.10 Å². The SMILES string of the molecule is Cc1cc(OCCCC2CCN(c3noc(C4CC4)n3)CC2)ccc1C(=O)NCC(O)CO. The van der Waals surface area contributed by atoms with Crippen LogP contribution < -0.4 is 15.0 Å². The topological polar surface area (TPSA) is 121 Å². The molecule has 1 aliphatic heterocycles. The van der Waals surface area contributed by atoms with Gasteiger partial charge >= 0.3 is 0 Å². The van der Waals surface area contributed by atoms with Crippen molar-refractivity contribution in [3.63, 3.8) is 0 Å². The summed E-state index contributed by atoms with van der Waals surface area (Å²) in [6.45, 7) is 4.06. The van der Waals surface area contributed by atoms with Crippen molar-refractivity contribution >= 4 is 11.9 Å². The van der Waals surface area contributed by atoms with Crippen LogP contribution in [0.5, 0.6) is 5.75 Å². The number of piperidine rings is 1. The Morgan fingerprint density at radius 1 is 1.30 bits per heavy atom. The first-order chi connectivity index (χ1) is 16.0. The highest BCUT2D eigenvalue weighted by Gasteiger charge is 2.31. The van der Waals surface area contributed by atoms with Crippen molar-refractivity contribution in [3.05, 3.63) is 35.2 Å². The second kappa shape index (κ2) is 11.0. The summed E-state index contributed by atoms with van der Waals surface area (Å²) < 4.78 is 11.3. The van der Waals surface area contributed by atoms with Crippen molar-refractivity contribution in [1.82, 2.24) is 15.5 Å². The van der Waals surface area contributed by atoms with Gasteiger partial charge in [0.2, 0.25) is 5.89 Å². The van der Waals surface area contributed by atoms with Crippen LogP contribution in [-0.4, -0.2) is 65.2 Å². The molecule has 1 amide bonds. The van der Waals surface area contributed by atoms with E-state index in [9.17, 15) is 9.90 Å². The fourth-order valence-corrected chi connectivity index (χ4v) is 4.19. The lowest BCUT2D eigenvalue weighted by Crippen LogP contribution is -2.34. The maximum absolute atomic E-state index is 12.2. The number of aromatic nitrogens is 2. The van der Waals surface area contributed by atoms with Gasteiger partial charge in [-0.25, -0.2) is 0 Å². The number of ether oxygens (including phenoxy) is 1. The van der Waals surface area contributed by atoms with Crippen LogP contribution in [0.1, 0.15) is 66.3 Å². The van der Waals surface area contributed by atoms with Gasteiger partial charge in [0, 0.05) is 31.1 Å². The first kappa shape index (κ1) is 23.5. The predicted molar refractivity (Wildman–Crippen MR) is 123 cm³/mol. The molecule has 0 radical (unpaired) electrons. The molecule has 2 fully saturated rings. The van der Waals surface area contributed by atoms with Crippen LogP contribution in [0.25, 0.3) is 0 Å². The summed E-state index contributed by atoms with van der Waals surface area (Å²) >= 11 is 0. The minimum atomic E-state index is -0.955. The first-order valence-corrected chi connectivity index (χ1v) is 11.9. The molecule has 1 aliphatic carbocycles. The molecule has 3 N–H and O–H groups in total. The minimum absolute atomic E-state index is 0.0164. The van der Waals surface area contributed by atoms with E-state index >= 15 is 0 Å². The van der Waals surface area contributed by atoms with Crippen molar-refractivity contribution in [3.8, 4) is 5.75 Å². The zero-order chi connectivity index (χ0) is 23.2. The van der Waals surface area contributed by atoms with E-state index in [1.165, 1.54) is 12.8 Å². The number of nitrogens with one attached hydrogen (secondary N) is 1. The Bertz CT molecular complexity index is 921. The largest absolute Gasteiger partial charge is 0.494 e. The number of aliphatic hydroxyl groups is 2. The molecule has 1 saturated carbocycles. The van der Waals surface area contributed by atoms with E-state index in [0.29, 0.717) is 24.0 Å². The molecular formula is C24H34N4O5. The van der Waals surface area contributed by atoms with E-state index in [1.807, 2.05) is 13.0 Å². The fourth-order valence-electron chi connectivity index (χ4n) is 4.19. The summed E-state index contributed by atoms with van der Waals surface area (Å²) in [4.78, 5) is 19.0. The zero-order valence-corrected chi connectivity index (χ0v) is 19.2. The number of amides is 1. The lowest BCUT2D eigenvalue weighted by atomic mass is 9.92. The lowest BCUT2D eigenvalue weighted by Gasteiger charge is -2.30. The molecule has 2 aliphatic rings. The molecule has 1 atom stereocenters. The standard InChI is InChI=1S/C24H34N4O5/c1-16-13-20(6-7-21(16)22(31)25-14-19(30)15-29)32-12-2-3-17-8-10-28(11-9-17)24-26-23(33-27-24)18-4-5-18/h6-7,13,17-19,29-30H,2-5,8-12,14-15H2,1H3,(H,25,31). The van der Waals surface area contributed by atoms with Crippen molar-refractivity contribution in [2.75, 3.05) is 37.7 Å². The van der Waals surface area contributed by atoms with Gasteiger partial charge in [-0.15, -0.1) is 0 Å². The summed E-state index contributed by atoms with van der Waals surface area (Å²) in [7, 11) is 0. The highest BCUT2D eigenvalue weighted by atomic mass is 16.5. The smallest absolute Gasteiger partial charge is 0.266 e. The second-order valence-corrected chi connectivity index (χ2v) is 9.15. The Balaban J connectivity index is 1.14. The Labute approximate surface area is 194 Å². The zero-order valence-electron chi connectivity index (χ0n) is 19.2. The third-order valence-electron chi connectivity index (χ3n) is 6.43.